The zero-order valence-corrected chi connectivity index (χ0v) is 9.32. The molecular formula is C11H15NO4. The fraction of sp³-hybridized carbons (Fsp3) is 0.455. The number of amides is 1. The number of nitrogens with one attached hydrogen (secondary N) is 1. The van der Waals surface area contributed by atoms with Gasteiger partial charge in [-0.15, -0.1) is 0 Å². The zero-order chi connectivity index (χ0) is 12.1. The van der Waals surface area contributed by atoms with Crippen LogP contribution >= 0.6 is 0 Å². The number of hydrogen-bond donors (Lipinski definition) is 2. The molecule has 1 aromatic heterocycles. The average molecular weight is 225 g/mol. The highest BCUT2D eigenvalue weighted by molar-refractivity contribution is 5.91. The van der Waals surface area contributed by atoms with Gasteiger partial charge in [0.05, 0.1) is 0 Å². The van der Waals surface area contributed by atoms with Crippen molar-refractivity contribution in [3.05, 3.63) is 23.7 Å². The Hall–Kier alpha value is -1.78. The lowest BCUT2D eigenvalue weighted by atomic mass is 10.2. The summed E-state index contributed by atoms with van der Waals surface area (Å²) in [5, 5.41) is 11.3. The van der Waals surface area contributed by atoms with Crippen LogP contribution in [0.25, 0.3) is 0 Å². The summed E-state index contributed by atoms with van der Waals surface area (Å²) >= 11 is 0. The Morgan fingerprint density at radius 1 is 1.50 bits per heavy atom. The van der Waals surface area contributed by atoms with E-state index in [0.29, 0.717) is 0 Å². The summed E-state index contributed by atoms with van der Waals surface area (Å²) in [5.41, 5.74) is 0. The third kappa shape index (κ3) is 3.42. The molecule has 0 radical (unpaired) electrons. The molecule has 0 aromatic carbocycles. The molecule has 0 saturated heterocycles. The SMILES string of the molecule is CCC(C)NC(=O)c1ccc(CC(=O)O)o1. The van der Waals surface area contributed by atoms with Crippen molar-refractivity contribution in [1.29, 1.82) is 0 Å². The molecule has 2 N–H and O–H groups in total. The van der Waals surface area contributed by atoms with Crippen molar-refractivity contribution < 1.29 is 19.1 Å². The molecule has 1 atom stereocenters. The quantitative estimate of drug-likeness (QED) is 0.794. The number of carboxylic acids is 1. The Labute approximate surface area is 93.4 Å². The fourth-order valence-corrected chi connectivity index (χ4v) is 1.14. The van der Waals surface area contributed by atoms with E-state index in [2.05, 4.69) is 5.32 Å². The molecule has 5 heteroatoms. The second-order valence-corrected chi connectivity index (χ2v) is 3.62. The first-order valence-corrected chi connectivity index (χ1v) is 5.14. The van der Waals surface area contributed by atoms with Crippen LogP contribution in [-0.4, -0.2) is 23.0 Å². The number of hydrogen-bond acceptors (Lipinski definition) is 3. The monoisotopic (exact) mass is 225 g/mol. The second-order valence-electron chi connectivity index (χ2n) is 3.62. The van der Waals surface area contributed by atoms with Gasteiger partial charge in [0.15, 0.2) is 5.76 Å². The Kier molecular flexibility index (Phi) is 4.10. The molecule has 0 fully saturated rings. The molecule has 0 aliphatic carbocycles. The summed E-state index contributed by atoms with van der Waals surface area (Å²) in [5.74, 6) is -0.868. The molecule has 0 aliphatic heterocycles. The Morgan fingerprint density at radius 3 is 2.75 bits per heavy atom. The van der Waals surface area contributed by atoms with Crippen molar-refractivity contribution in [3.63, 3.8) is 0 Å². The minimum absolute atomic E-state index is 0.0699. The van der Waals surface area contributed by atoms with Gasteiger partial charge in [0.1, 0.15) is 12.2 Å². The number of carboxylic acid groups (broad SMARTS) is 1. The van der Waals surface area contributed by atoms with Gasteiger partial charge in [0, 0.05) is 6.04 Å². The molecular weight excluding hydrogens is 210 g/mol. The first-order valence-electron chi connectivity index (χ1n) is 5.14. The normalized spacial score (nSPS) is 12.1. The molecule has 0 bridgehead atoms. The van der Waals surface area contributed by atoms with Crippen LogP contribution in [0.1, 0.15) is 36.6 Å². The Bertz CT molecular complexity index is 383. The molecule has 1 unspecified atom stereocenters. The van der Waals surface area contributed by atoms with Crippen LogP contribution in [0.3, 0.4) is 0 Å². The van der Waals surface area contributed by atoms with Gasteiger partial charge < -0.3 is 14.8 Å². The summed E-state index contributed by atoms with van der Waals surface area (Å²) in [6.07, 6.45) is 0.616. The number of carbonyl (C=O) groups excluding carboxylic acids is 1. The molecule has 1 heterocycles. The molecule has 5 nitrogen and oxygen atoms in total. The number of carbonyl (C=O) groups is 2. The van der Waals surface area contributed by atoms with Gasteiger partial charge in [-0.2, -0.15) is 0 Å². The summed E-state index contributed by atoms with van der Waals surface area (Å²) in [6, 6.07) is 3.05. The van der Waals surface area contributed by atoms with Crippen molar-refractivity contribution in [2.24, 2.45) is 0 Å². The lowest BCUT2D eigenvalue weighted by molar-refractivity contribution is -0.136. The molecule has 16 heavy (non-hydrogen) atoms. The summed E-state index contributed by atoms with van der Waals surface area (Å²) in [7, 11) is 0. The molecule has 0 aliphatic rings. The van der Waals surface area contributed by atoms with Crippen molar-refractivity contribution in [1.82, 2.24) is 5.32 Å². The van der Waals surface area contributed by atoms with Gasteiger partial charge in [-0.3, -0.25) is 9.59 Å². The van der Waals surface area contributed by atoms with E-state index in [0.717, 1.165) is 6.42 Å². The van der Waals surface area contributed by atoms with E-state index in [9.17, 15) is 9.59 Å². The minimum Gasteiger partial charge on any atom is -0.481 e. The maximum atomic E-state index is 11.6. The summed E-state index contributed by atoms with van der Waals surface area (Å²) < 4.78 is 5.11. The smallest absolute Gasteiger partial charge is 0.311 e. The lowest BCUT2D eigenvalue weighted by Crippen LogP contribution is -2.31. The van der Waals surface area contributed by atoms with E-state index >= 15 is 0 Å². The fourth-order valence-electron chi connectivity index (χ4n) is 1.14. The van der Waals surface area contributed by atoms with Gasteiger partial charge in [-0.25, -0.2) is 0 Å². The van der Waals surface area contributed by atoms with Crippen molar-refractivity contribution in [2.45, 2.75) is 32.7 Å². The molecule has 1 aromatic rings. The van der Waals surface area contributed by atoms with Gasteiger partial charge in [0.25, 0.3) is 5.91 Å². The van der Waals surface area contributed by atoms with Gasteiger partial charge in [-0.1, -0.05) is 6.92 Å². The van der Waals surface area contributed by atoms with E-state index in [1.165, 1.54) is 12.1 Å². The van der Waals surface area contributed by atoms with Crippen LogP contribution in [0.4, 0.5) is 0 Å². The standard InChI is InChI=1S/C11H15NO4/c1-3-7(2)12-11(15)9-5-4-8(16-9)6-10(13)14/h4-5,7H,3,6H2,1-2H3,(H,12,15)(H,13,14). The van der Waals surface area contributed by atoms with Gasteiger partial charge in [-0.05, 0) is 25.5 Å². The highest BCUT2D eigenvalue weighted by Crippen LogP contribution is 2.09. The molecule has 1 rings (SSSR count). The van der Waals surface area contributed by atoms with Crippen LogP contribution in [-0.2, 0) is 11.2 Å². The summed E-state index contributed by atoms with van der Waals surface area (Å²) in [6.45, 7) is 3.85. The third-order valence-electron chi connectivity index (χ3n) is 2.20. The molecule has 0 spiro atoms. The highest BCUT2D eigenvalue weighted by atomic mass is 16.4. The molecule has 1 amide bonds. The molecule has 88 valence electrons. The number of aliphatic carboxylic acids is 1. The van der Waals surface area contributed by atoms with Gasteiger partial charge in [0.2, 0.25) is 0 Å². The van der Waals surface area contributed by atoms with E-state index in [4.69, 9.17) is 9.52 Å². The average Bonchev–Trinajstić information content (AvgIpc) is 2.65. The van der Waals surface area contributed by atoms with Crippen LogP contribution in [0.2, 0.25) is 0 Å². The van der Waals surface area contributed by atoms with E-state index < -0.39 is 5.97 Å². The van der Waals surface area contributed by atoms with E-state index in [1.54, 1.807) is 0 Å². The molecule has 0 saturated carbocycles. The van der Waals surface area contributed by atoms with Crippen LogP contribution in [0.5, 0.6) is 0 Å². The van der Waals surface area contributed by atoms with E-state index in [-0.39, 0.29) is 29.9 Å². The van der Waals surface area contributed by atoms with Crippen LogP contribution < -0.4 is 5.32 Å². The van der Waals surface area contributed by atoms with Crippen LogP contribution in [0, 0.1) is 0 Å². The largest absolute Gasteiger partial charge is 0.481 e. The third-order valence-corrected chi connectivity index (χ3v) is 2.20. The van der Waals surface area contributed by atoms with Gasteiger partial charge >= 0.3 is 5.97 Å². The maximum absolute atomic E-state index is 11.6. The minimum atomic E-state index is -0.983. The Morgan fingerprint density at radius 2 is 2.19 bits per heavy atom. The zero-order valence-electron chi connectivity index (χ0n) is 9.32. The predicted octanol–water partition coefficient (Wildman–Crippen LogP) is 1.44. The lowest BCUT2D eigenvalue weighted by Gasteiger charge is -2.09. The number of rotatable bonds is 5. The van der Waals surface area contributed by atoms with Crippen molar-refractivity contribution >= 4 is 11.9 Å². The predicted molar refractivity (Wildman–Crippen MR) is 57.3 cm³/mol. The van der Waals surface area contributed by atoms with Crippen LogP contribution in [0.15, 0.2) is 16.5 Å². The topological polar surface area (TPSA) is 79.5 Å². The maximum Gasteiger partial charge on any atom is 0.311 e. The number of furan rings is 1. The summed E-state index contributed by atoms with van der Waals surface area (Å²) in [4.78, 5) is 22.0. The first-order chi connectivity index (χ1) is 7.52. The highest BCUT2D eigenvalue weighted by Gasteiger charge is 2.14. The van der Waals surface area contributed by atoms with Crippen molar-refractivity contribution in [2.75, 3.05) is 0 Å². The second kappa shape index (κ2) is 5.34. The van der Waals surface area contributed by atoms with Crippen molar-refractivity contribution in [3.8, 4) is 0 Å². The Balaban J connectivity index is 2.63. The van der Waals surface area contributed by atoms with E-state index in [1.807, 2.05) is 13.8 Å². The first kappa shape index (κ1) is 12.3.